The Hall–Kier alpha value is -1.02. The summed E-state index contributed by atoms with van der Waals surface area (Å²) in [5.41, 5.74) is 2.24. The Kier molecular flexibility index (Phi) is 4.81. The maximum Gasteiger partial charge on any atom is 0.120 e. The molecular weight excluding hydrogens is 198 g/mol. The van der Waals surface area contributed by atoms with Crippen LogP contribution >= 0.6 is 0 Å². The molecule has 0 amide bonds. The van der Waals surface area contributed by atoms with E-state index in [0.717, 1.165) is 25.1 Å². The zero-order valence-electron chi connectivity index (χ0n) is 10.8. The van der Waals surface area contributed by atoms with Crippen LogP contribution in [0.4, 0.5) is 0 Å². The molecule has 16 heavy (non-hydrogen) atoms. The molecule has 2 nitrogen and oxygen atoms in total. The van der Waals surface area contributed by atoms with Crippen LogP contribution < -0.4 is 0 Å². The molecule has 0 fully saturated rings. The predicted octanol–water partition coefficient (Wildman–Crippen LogP) is 3.49. The maximum absolute atomic E-state index is 9.89. The van der Waals surface area contributed by atoms with Gasteiger partial charge < -0.3 is 5.11 Å². The van der Waals surface area contributed by atoms with Gasteiger partial charge in [0, 0.05) is 11.6 Å². The largest absolute Gasteiger partial charge is 0.508 e. The summed E-state index contributed by atoms with van der Waals surface area (Å²) in [4.78, 5) is 2.38. The minimum Gasteiger partial charge on any atom is -0.508 e. The average Bonchev–Trinajstić information content (AvgIpc) is 2.28. The highest BCUT2D eigenvalue weighted by molar-refractivity contribution is 5.37. The third kappa shape index (κ3) is 2.99. The van der Waals surface area contributed by atoms with Crippen molar-refractivity contribution < 1.29 is 5.11 Å². The molecule has 1 aromatic carbocycles. The number of phenolic OH excluding ortho intramolecular Hbond substituents is 1. The molecule has 0 aliphatic carbocycles. The highest BCUT2D eigenvalue weighted by Gasteiger charge is 2.16. The van der Waals surface area contributed by atoms with Crippen molar-refractivity contribution in [3.05, 3.63) is 29.3 Å². The number of rotatable bonds is 5. The minimum atomic E-state index is 0.282. The van der Waals surface area contributed by atoms with Crippen LogP contribution in [-0.4, -0.2) is 23.1 Å². The van der Waals surface area contributed by atoms with Gasteiger partial charge in [-0.2, -0.15) is 0 Å². The Bertz CT molecular complexity index is 336. The first kappa shape index (κ1) is 13.0. The van der Waals surface area contributed by atoms with Crippen molar-refractivity contribution in [1.82, 2.24) is 4.90 Å². The van der Waals surface area contributed by atoms with Gasteiger partial charge in [0.05, 0.1) is 0 Å². The van der Waals surface area contributed by atoms with Crippen LogP contribution in [0, 0.1) is 6.92 Å². The first-order chi connectivity index (χ1) is 7.60. The Morgan fingerprint density at radius 3 is 2.56 bits per heavy atom. The summed E-state index contributed by atoms with van der Waals surface area (Å²) in [6, 6.07) is 6.10. The number of aryl methyl sites for hydroxylation is 1. The Morgan fingerprint density at radius 2 is 2.00 bits per heavy atom. The van der Waals surface area contributed by atoms with E-state index in [1.165, 1.54) is 5.56 Å². The second-order valence-electron chi connectivity index (χ2n) is 4.37. The monoisotopic (exact) mass is 221 g/mol. The van der Waals surface area contributed by atoms with Crippen LogP contribution in [0.3, 0.4) is 0 Å². The van der Waals surface area contributed by atoms with Gasteiger partial charge in [-0.05, 0) is 39.4 Å². The second-order valence-corrected chi connectivity index (χ2v) is 4.37. The number of benzene rings is 1. The Labute approximate surface area is 98.9 Å². The van der Waals surface area contributed by atoms with Crippen molar-refractivity contribution in [3.8, 4) is 5.75 Å². The number of aromatic hydroxyl groups is 1. The molecule has 0 radical (unpaired) electrons. The van der Waals surface area contributed by atoms with Gasteiger partial charge in [0.2, 0.25) is 0 Å². The lowest BCUT2D eigenvalue weighted by atomic mass is 10.0. The van der Waals surface area contributed by atoms with E-state index < -0.39 is 0 Å². The zero-order valence-corrected chi connectivity index (χ0v) is 10.8. The molecule has 1 aromatic rings. The molecule has 0 bridgehead atoms. The van der Waals surface area contributed by atoms with Gasteiger partial charge in [-0.1, -0.05) is 31.5 Å². The molecule has 2 heteroatoms. The van der Waals surface area contributed by atoms with Gasteiger partial charge in [-0.3, -0.25) is 4.90 Å². The number of hydrogen-bond acceptors (Lipinski definition) is 2. The van der Waals surface area contributed by atoms with E-state index in [0.29, 0.717) is 5.75 Å². The quantitative estimate of drug-likeness (QED) is 0.822. The van der Waals surface area contributed by atoms with Crippen LogP contribution in [-0.2, 0) is 0 Å². The van der Waals surface area contributed by atoms with Gasteiger partial charge in [0.1, 0.15) is 5.75 Å². The fourth-order valence-electron chi connectivity index (χ4n) is 2.12. The molecule has 1 N–H and O–H groups in total. The first-order valence-corrected chi connectivity index (χ1v) is 6.13. The van der Waals surface area contributed by atoms with Gasteiger partial charge in [-0.25, -0.2) is 0 Å². The molecule has 0 heterocycles. The van der Waals surface area contributed by atoms with Gasteiger partial charge in [0.15, 0.2) is 0 Å². The van der Waals surface area contributed by atoms with Gasteiger partial charge in [0.25, 0.3) is 0 Å². The lowest BCUT2D eigenvalue weighted by molar-refractivity contribution is 0.218. The third-order valence-corrected chi connectivity index (χ3v) is 3.10. The summed E-state index contributed by atoms with van der Waals surface area (Å²) in [7, 11) is 0. The first-order valence-electron chi connectivity index (χ1n) is 6.13. The van der Waals surface area contributed by atoms with Gasteiger partial charge in [-0.15, -0.1) is 0 Å². The number of hydrogen-bond donors (Lipinski definition) is 1. The standard InChI is InChI=1S/C14H23NO/c1-5-9-15(6-2)12(4)13-10-11(3)7-8-14(13)16/h7-8,10,12,16H,5-6,9H2,1-4H3. The summed E-state index contributed by atoms with van der Waals surface area (Å²) < 4.78 is 0. The van der Waals surface area contributed by atoms with Crippen LogP contribution in [0.1, 0.15) is 44.4 Å². The fourth-order valence-corrected chi connectivity index (χ4v) is 2.12. The lowest BCUT2D eigenvalue weighted by Gasteiger charge is -2.28. The highest BCUT2D eigenvalue weighted by Crippen LogP contribution is 2.29. The zero-order chi connectivity index (χ0) is 12.1. The van der Waals surface area contributed by atoms with Crippen LogP contribution in [0.2, 0.25) is 0 Å². The minimum absolute atomic E-state index is 0.282. The molecule has 0 aliphatic rings. The third-order valence-electron chi connectivity index (χ3n) is 3.10. The van der Waals surface area contributed by atoms with Crippen LogP contribution in [0.15, 0.2) is 18.2 Å². The molecule has 0 saturated heterocycles. The summed E-state index contributed by atoms with van der Waals surface area (Å²) in [6.07, 6.45) is 1.14. The van der Waals surface area contributed by atoms with Crippen molar-refractivity contribution in [1.29, 1.82) is 0 Å². The van der Waals surface area contributed by atoms with E-state index in [1.54, 1.807) is 6.07 Å². The summed E-state index contributed by atoms with van der Waals surface area (Å²) in [5.74, 6) is 0.410. The molecular formula is C14H23NO. The van der Waals surface area contributed by atoms with Crippen LogP contribution in [0.25, 0.3) is 0 Å². The van der Waals surface area contributed by atoms with E-state index in [2.05, 4.69) is 38.7 Å². The molecule has 0 aliphatic heterocycles. The molecule has 0 aromatic heterocycles. The summed E-state index contributed by atoms with van der Waals surface area (Å²) >= 11 is 0. The molecule has 0 saturated carbocycles. The van der Waals surface area contributed by atoms with Crippen molar-refractivity contribution in [2.45, 2.75) is 40.2 Å². The van der Waals surface area contributed by atoms with Crippen LogP contribution in [0.5, 0.6) is 5.75 Å². The van der Waals surface area contributed by atoms with E-state index in [-0.39, 0.29) is 6.04 Å². The van der Waals surface area contributed by atoms with E-state index in [9.17, 15) is 5.11 Å². The smallest absolute Gasteiger partial charge is 0.120 e. The molecule has 1 unspecified atom stereocenters. The van der Waals surface area contributed by atoms with Crippen molar-refractivity contribution in [3.63, 3.8) is 0 Å². The van der Waals surface area contributed by atoms with Crippen molar-refractivity contribution in [2.75, 3.05) is 13.1 Å². The maximum atomic E-state index is 9.89. The number of nitrogens with zero attached hydrogens (tertiary/aromatic N) is 1. The molecule has 90 valence electrons. The van der Waals surface area contributed by atoms with E-state index in [4.69, 9.17) is 0 Å². The highest BCUT2D eigenvalue weighted by atomic mass is 16.3. The average molecular weight is 221 g/mol. The SMILES string of the molecule is CCCN(CC)C(C)c1cc(C)ccc1O. The Balaban J connectivity index is 2.93. The summed E-state index contributed by atoms with van der Waals surface area (Å²) in [5, 5.41) is 9.89. The fraction of sp³-hybridized carbons (Fsp3) is 0.571. The topological polar surface area (TPSA) is 23.5 Å². The molecule has 1 atom stereocenters. The second kappa shape index (κ2) is 5.90. The lowest BCUT2D eigenvalue weighted by Crippen LogP contribution is -2.27. The van der Waals surface area contributed by atoms with Crippen molar-refractivity contribution in [2.24, 2.45) is 0 Å². The normalized spacial score (nSPS) is 13.1. The molecule has 1 rings (SSSR count). The number of phenols is 1. The van der Waals surface area contributed by atoms with Crippen molar-refractivity contribution >= 4 is 0 Å². The Morgan fingerprint density at radius 1 is 1.31 bits per heavy atom. The van der Waals surface area contributed by atoms with E-state index >= 15 is 0 Å². The van der Waals surface area contributed by atoms with Gasteiger partial charge >= 0.3 is 0 Å². The predicted molar refractivity (Wildman–Crippen MR) is 68.8 cm³/mol. The summed E-state index contributed by atoms with van der Waals surface area (Å²) in [6.45, 7) is 10.7. The van der Waals surface area contributed by atoms with E-state index in [1.807, 2.05) is 6.07 Å². The molecule has 0 spiro atoms.